The summed E-state index contributed by atoms with van der Waals surface area (Å²) in [6, 6.07) is 9.66. The van der Waals surface area contributed by atoms with Crippen LogP contribution in [-0.2, 0) is 13.5 Å². The molecule has 3 aromatic rings. The first kappa shape index (κ1) is 15.1. The molecular formula is C18H19N3O2. The molecule has 0 spiro atoms. The zero-order valence-corrected chi connectivity index (χ0v) is 13.2. The van der Waals surface area contributed by atoms with Crippen molar-refractivity contribution in [2.75, 3.05) is 13.7 Å². The molecule has 5 nitrogen and oxygen atoms in total. The van der Waals surface area contributed by atoms with E-state index in [2.05, 4.69) is 10.3 Å². The van der Waals surface area contributed by atoms with Crippen LogP contribution in [0.2, 0.25) is 0 Å². The molecule has 23 heavy (non-hydrogen) atoms. The lowest BCUT2D eigenvalue weighted by atomic mass is 10.1. The second-order valence-corrected chi connectivity index (χ2v) is 5.40. The SMILES string of the molecule is COc1ccc2c(c1)c(C(=O)NCCc1ccncc1)cn2C. The molecule has 0 aliphatic rings. The van der Waals surface area contributed by atoms with Gasteiger partial charge in [0, 0.05) is 43.1 Å². The topological polar surface area (TPSA) is 56.1 Å². The van der Waals surface area contributed by atoms with Crippen molar-refractivity contribution in [1.82, 2.24) is 14.9 Å². The number of nitrogens with zero attached hydrogens (tertiary/aromatic N) is 2. The zero-order chi connectivity index (χ0) is 16.2. The number of hydrogen-bond donors (Lipinski definition) is 1. The van der Waals surface area contributed by atoms with Crippen molar-refractivity contribution >= 4 is 16.8 Å². The Morgan fingerprint density at radius 3 is 2.78 bits per heavy atom. The average Bonchev–Trinajstić information content (AvgIpc) is 2.92. The van der Waals surface area contributed by atoms with Gasteiger partial charge in [0.25, 0.3) is 5.91 Å². The van der Waals surface area contributed by atoms with Crippen molar-refractivity contribution in [3.05, 3.63) is 60.0 Å². The van der Waals surface area contributed by atoms with Crippen LogP contribution in [0.25, 0.3) is 10.9 Å². The average molecular weight is 309 g/mol. The second kappa shape index (κ2) is 6.52. The number of benzene rings is 1. The normalized spacial score (nSPS) is 10.7. The van der Waals surface area contributed by atoms with E-state index in [1.165, 1.54) is 0 Å². The highest BCUT2D eigenvalue weighted by Gasteiger charge is 2.14. The number of nitrogens with one attached hydrogen (secondary N) is 1. The van der Waals surface area contributed by atoms with E-state index in [1.807, 2.05) is 48.1 Å². The second-order valence-electron chi connectivity index (χ2n) is 5.40. The Bertz CT molecular complexity index is 825. The van der Waals surface area contributed by atoms with Crippen LogP contribution < -0.4 is 10.1 Å². The molecule has 0 aliphatic carbocycles. The Morgan fingerprint density at radius 1 is 1.26 bits per heavy atom. The molecule has 0 fully saturated rings. The monoisotopic (exact) mass is 309 g/mol. The fourth-order valence-electron chi connectivity index (χ4n) is 2.64. The van der Waals surface area contributed by atoms with Crippen molar-refractivity contribution < 1.29 is 9.53 Å². The van der Waals surface area contributed by atoms with Gasteiger partial charge in [-0.25, -0.2) is 0 Å². The largest absolute Gasteiger partial charge is 0.497 e. The van der Waals surface area contributed by atoms with Gasteiger partial charge < -0.3 is 14.6 Å². The molecule has 118 valence electrons. The van der Waals surface area contributed by atoms with Gasteiger partial charge in [-0.3, -0.25) is 9.78 Å². The van der Waals surface area contributed by atoms with E-state index < -0.39 is 0 Å². The maximum atomic E-state index is 12.5. The van der Waals surface area contributed by atoms with Gasteiger partial charge in [-0.05, 0) is 42.3 Å². The summed E-state index contributed by atoms with van der Waals surface area (Å²) < 4.78 is 7.21. The Labute approximate surface area is 134 Å². The summed E-state index contributed by atoms with van der Waals surface area (Å²) >= 11 is 0. The molecule has 5 heteroatoms. The highest BCUT2D eigenvalue weighted by molar-refractivity contribution is 6.07. The van der Waals surface area contributed by atoms with Gasteiger partial charge in [0.1, 0.15) is 5.75 Å². The van der Waals surface area contributed by atoms with Crippen LogP contribution in [0.1, 0.15) is 15.9 Å². The molecule has 2 aromatic heterocycles. The third-order valence-electron chi connectivity index (χ3n) is 3.89. The quantitative estimate of drug-likeness (QED) is 0.788. The number of hydrogen-bond acceptors (Lipinski definition) is 3. The molecule has 0 atom stereocenters. The minimum Gasteiger partial charge on any atom is -0.497 e. The van der Waals surface area contributed by atoms with E-state index >= 15 is 0 Å². The highest BCUT2D eigenvalue weighted by atomic mass is 16.5. The predicted molar refractivity (Wildman–Crippen MR) is 89.7 cm³/mol. The molecule has 0 aliphatic heterocycles. The van der Waals surface area contributed by atoms with E-state index in [0.29, 0.717) is 12.1 Å². The fourth-order valence-corrected chi connectivity index (χ4v) is 2.64. The summed E-state index contributed by atoms with van der Waals surface area (Å²) in [5.41, 5.74) is 2.82. The molecular weight excluding hydrogens is 290 g/mol. The highest BCUT2D eigenvalue weighted by Crippen LogP contribution is 2.25. The summed E-state index contributed by atoms with van der Waals surface area (Å²) in [5.74, 6) is 0.674. The van der Waals surface area contributed by atoms with E-state index in [-0.39, 0.29) is 5.91 Å². The number of methoxy groups -OCH3 is 1. The molecule has 0 saturated heterocycles. The van der Waals surface area contributed by atoms with Crippen molar-refractivity contribution in [1.29, 1.82) is 0 Å². The molecule has 2 heterocycles. The lowest BCUT2D eigenvalue weighted by Crippen LogP contribution is -2.25. The van der Waals surface area contributed by atoms with E-state index in [0.717, 1.165) is 28.6 Å². The minimum atomic E-state index is -0.0714. The molecule has 0 radical (unpaired) electrons. The first-order valence-electron chi connectivity index (χ1n) is 7.49. The fraction of sp³-hybridized carbons (Fsp3) is 0.222. The zero-order valence-electron chi connectivity index (χ0n) is 13.2. The Balaban J connectivity index is 1.75. The number of aryl methyl sites for hydroxylation is 1. The van der Waals surface area contributed by atoms with Gasteiger partial charge in [0.2, 0.25) is 0 Å². The minimum absolute atomic E-state index is 0.0714. The van der Waals surface area contributed by atoms with Crippen LogP contribution in [0.15, 0.2) is 48.9 Å². The first-order valence-corrected chi connectivity index (χ1v) is 7.49. The maximum Gasteiger partial charge on any atom is 0.253 e. The van der Waals surface area contributed by atoms with Gasteiger partial charge in [-0.1, -0.05) is 0 Å². The maximum absolute atomic E-state index is 12.5. The molecule has 1 amide bonds. The molecule has 0 unspecified atom stereocenters. The summed E-state index contributed by atoms with van der Waals surface area (Å²) in [6.07, 6.45) is 6.15. The smallest absolute Gasteiger partial charge is 0.253 e. The van der Waals surface area contributed by atoms with Gasteiger partial charge in [-0.15, -0.1) is 0 Å². The third-order valence-corrected chi connectivity index (χ3v) is 3.89. The number of ether oxygens (including phenoxy) is 1. The first-order chi connectivity index (χ1) is 11.2. The summed E-state index contributed by atoms with van der Waals surface area (Å²) in [7, 11) is 3.56. The van der Waals surface area contributed by atoms with E-state index in [4.69, 9.17) is 4.74 Å². The number of aromatic nitrogens is 2. The Morgan fingerprint density at radius 2 is 2.04 bits per heavy atom. The van der Waals surface area contributed by atoms with Gasteiger partial charge >= 0.3 is 0 Å². The number of rotatable bonds is 5. The number of carbonyl (C=O) groups is 1. The van der Waals surface area contributed by atoms with Crippen LogP contribution in [0.5, 0.6) is 5.75 Å². The van der Waals surface area contributed by atoms with E-state index in [9.17, 15) is 4.79 Å². The number of pyridine rings is 1. The summed E-state index contributed by atoms with van der Waals surface area (Å²) in [4.78, 5) is 16.5. The standard InChI is InChI=1S/C18H19N3O2/c1-21-12-16(15-11-14(23-2)3-4-17(15)21)18(22)20-10-7-13-5-8-19-9-6-13/h3-6,8-9,11-12H,7,10H2,1-2H3,(H,20,22). The Kier molecular flexibility index (Phi) is 4.28. The van der Waals surface area contributed by atoms with E-state index in [1.54, 1.807) is 19.5 Å². The van der Waals surface area contributed by atoms with Gasteiger partial charge in [0.05, 0.1) is 12.7 Å². The van der Waals surface area contributed by atoms with Crippen molar-refractivity contribution in [3.63, 3.8) is 0 Å². The third kappa shape index (κ3) is 3.18. The number of carbonyl (C=O) groups excluding carboxylic acids is 1. The molecule has 3 rings (SSSR count). The Hall–Kier alpha value is -2.82. The van der Waals surface area contributed by atoms with Crippen LogP contribution >= 0.6 is 0 Å². The van der Waals surface area contributed by atoms with Crippen molar-refractivity contribution in [3.8, 4) is 5.75 Å². The van der Waals surface area contributed by atoms with Crippen LogP contribution in [0, 0.1) is 0 Å². The summed E-state index contributed by atoms with van der Waals surface area (Å²) in [5, 5.41) is 3.87. The van der Waals surface area contributed by atoms with Gasteiger partial charge in [-0.2, -0.15) is 0 Å². The number of fused-ring (bicyclic) bond motifs is 1. The summed E-state index contributed by atoms with van der Waals surface area (Å²) in [6.45, 7) is 0.587. The van der Waals surface area contributed by atoms with Crippen molar-refractivity contribution in [2.45, 2.75) is 6.42 Å². The predicted octanol–water partition coefficient (Wildman–Crippen LogP) is 2.55. The number of amides is 1. The molecule has 1 N–H and O–H groups in total. The molecule has 0 bridgehead atoms. The lowest BCUT2D eigenvalue weighted by Gasteiger charge is -2.05. The molecule has 1 aromatic carbocycles. The van der Waals surface area contributed by atoms with Crippen LogP contribution in [0.3, 0.4) is 0 Å². The molecule has 0 saturated carbocycles. The van der Waals surface area contributed by atoms with Gasteiger partial charge in [0.15, 0.2) is 0 Å². The van der Waals surface area contributed by atoms with Crippen molar-refractivity contribution in [2.24, 2.45) is 7.05 Å². The van der Waals surface area contributed by atoms with Crippen LogP contribution in [-0.4, -0.2) is 29.1 Å². The lowest BCUT2D eigenvalue weighted by molar-refractivity contribution is 0.0955. The van der Waals surface area contributed by atoms with Crippen LogP contribution in [0.4, 0.5) is 0 Å².